The summed E-state index contributed by atoms with van der Waals surface area (Å²) < 4.78 is 25.4. The molecule has 1 aromatic heterocycles. The van der Waals surface area contributed by atoms with Gasteiger partial charge in [-0.3, -0.25) is 9.69 Å². The zero-order valence-corrected chi connectivity index (χ0v) is 18.3. The third-order valence-corrected chi connectivity index (χ3v) is 7.31. The molecule has 1 aliphatic rings. The lowest BCUT2D eigenvalue weighted by Crippen LogP contribution is -2.34. The first-order valence-corrected chi connectivity index (χ1v) is 11.8. The Hall–Kier alpha value is -2.07. The minimum atomic E-state index is -3.44. The van der Waals surface area contributed by atoms with E-state index in [1.807, 2.05) is 10.4 Å². The number of benzene rings is 1. The predicted molar refractivity (Wildman–Crippen MR) is 115 cm³/mol. The van der Waals surface area contributed by atoms with Crippen LogP contribution in [0.25, 0.3) is 6.08 Å². The average molecular weight is 435 g/mol. The highest BCUT2D eigenvalue weighted by atomic mass is 32.2. The van der Waals surface area contributed by atoms with E-state index in [0.29, 0.717) is 6.54 Å². The van der Waals surface area contributed by atoms with Gasteiger partial charge in [0.25, 0.3) is 0 Å². The van der Waals surface area contributed by atoms with Crippen LogP contribution in [0.15, 0.2) is 46.1 Å². The van der Waals surface area contributed by atoms with E-state index in [1.165, 1.54) is 18.4 Å². The summed E-state index contributed by atoms with van der Waals surface area (Å²) in [5.74, 6) is -0.0227. The van der Waals surface area contributed by atoms with Crippen molar-refractivity contribution in [2.45, 2.75) is 17.9 Å². The summed E-state index contributed by atoms with van der Waals surface area (Å²) in [5, 5.41) is 2.06. The summed E-state index contributed by atoms with van der Waals surface area (Å²) >= 11 is 1.60. The molecule has 2 heterocycles. The predicted octanol–water partition coefficient (Wildman–Crippen LogP) is 2.14. The maximum absolute atomic E-state index is 12.6. The fraction of sp³-hybridized carbons (Fsp3) is 0.400. The first kappa shape index (κ1) is 21.6. The van der Waals surface area contributed by atoms with Crippen molar-refractivity contribution in [1.82, 2.24) is 19.1 Å². The Morgan fingerprint density at radius 3 is 2.59 bits per heavy atom. The maximum atomic E-state index is 12.6. The number of aromatic nitrogens is 1. The average Bonchev–Trinajstić information content (AvgIpc) is 3.10. The van der Waals surface area contributed by atoms with Crippen LogP contribution in [0, 0.1) is 0 Å². The summed E-state index contributed by atoms with van der Waals surface area (Å²) in [6, 6.07) is 6.53. The molecule has 9 heteroatoms. The van der Waals surface area contributed by atoms with E-state index >= 15 is 0 Å². The molecule has 29 heavy (non-hydrogen) atoms. The fourth-order valence-corrected chi connectivity index (χ4v) is 4.58. The molecule has 156 valence electrons. The zero-order valence-electron chi connectivity index (χ0n) is 16.7. The quantitative estimate of drug-likeness (QED) is 0.652. The molecule has 1 aromatic carbocycles. The monoisotopic (exact) mass is 434 g/mol. The van der Waals surface area contributed by atoms with Gasteiger partial charge >= 0.3 is 0 Å². The molecule has 1 saturated heterocycles. The molecule has 0 bridgehead atoms. The molecule has 0 atom stereocenters. The van der Waals surface area contributed by atoms with Crippen molar-refractivity contribution in [2.24, 2.45) is 0 Å². The van der Waals surface area contributed by atoms with Crippen LogP contribution in [0.3, 0.4) is 0 Å². The molecule has 2 aromatic rings. The van der Waals surface area contributed by atoms with Gasteiger partial charge in [0.1, 0.15) is 0 Å². The number of hydrogen-bond donors (Lipinski definition) is 0. The lowest BCUT2D eigenvalue weighted by Gasteiger charge is -2.20. The third kappa shape index (κ3) is 5.72. The van der Waals surface area contributed by atoms with Crippen LogP contribution in [0.5, 0.6) is 0 Å². The second-order valence-corrected chi connectivity index (χ2v) is 10.00. The maximum Gasteiger partial charge on any atom is 0.246 e. The first-order valence-electron chi connectivity index (χ1n) is 9.45. The molecular weight excluding hydrogens is 408 g/mol. The Morgan fingerprint density at radius 2 is 1.93 bits per heavy atom. The molecule has 0 spiro atoms. The molecule has 0 aliphatic carbocycles. The molecule has 3 rings (SSSR count). The van der Waals surface area contributed by atoms with E-state index in [2.05, 4.69) is 15.3 Å². The number of amides is 1. The van der Waals surface area contributed by atoms with Gasteiger partial charge in [0.15, 0.2) is 0 Å². The third-order valence-electron chi connectivity index (χ3n) is 4.85. The number of hydrogen-bond acceptors (Lipinski definition) is 6. The number of sulfonamides is 1. The second-order valence-electron chi connectivity index (χ2n) is 7.12. The number of rotatable bonds is 6. The van der Waals surface area contributed by atoms with Gasteiger partial charge in [0.05, 0.1) is 16.1 Å². The Labute approximate surface area is 176 Å². The van der Waals surface area contributed by atoms with Crippen molar-refractivity contribution in [3.05, 3.63) is 52.5 Å². The van der Waals surface area contributed by atoms with Crippen molar-refractivity contribution in [3.8, 4) is 0 Å². The van der Waals surface area contributed by atoms with Gasteiger partial charge in [-0.1, -0.05) is 12.1 Å². The highest BCUT2D eigenvalue weighted by Crippen LogP contribution is 2.15. The Balaban J connectivity index is 1.56. The van der Waals surface area contributed by atoms with Gasteiger partial charge in [0.2, 0.25) is 15.9 Å². The smallest absolute Gasteiger partial charge is 0.246 e. The molecule has 0 unspecified atom stereocenters. The van der Waals surface area contributed by atoms with E-state index in [4.69, 9.17) is 0 Å². The minimum absolute atomic E-state index is 0.0227. The van der Waals surface area contributed by atoms with E-state index in [-0.39, 0.29) is 10.8 Å². The topological polar surface area (TPSA) is 73.8 Å². The Kier molecular flexibility index (Phi) is 7.18. The molecule has 0 N–H and O–H groups in total. The molecule has 1 aliphatic heterocycles. The Bertz CT molecular complexity index is 939. The van der Waals surface area contributed by atoms with E-state index in [9.17, 15) is 13.2 Å². The van der Waals surface area contributed by atoms with Crippen LogP contribution < -0.4 is 0 Å². The lowest BCUT2D eigenvalue weighted by molar-refractivity contribution is -0.125. The number of carbonyl (C=O) groups excluding carboxylic acids is 1. The van der Waals surface area contributed by atoms with Gasteiger partial charge in [-0.2, -0.15) is 0 Å². The SMILES string of the molecule is CN(C)S(=O)(=O)c1ccc(/C=C/C(=O)N2CCCN(Cc3cscn3)CC2)cc1. The summed E-state index contributed by atoms with van der Waals surface area (Å²) in [6.07, 6.45) is 4.22. The molecular formula is C20H26N4O3S2. The fourth-order valence-electron chi connectivity index (χ4n) is 3.13. The number of nitrogens with zero attached hydrogens (tertiary/aromatic N) is 4. The van der Waals surface area contributed by atoms with Crippen LogP contribution in [-0.4, -0.2) is 73.7 Å². The Morgan fingerprint density at radius 1 is 1.17 bits per heavy atom. The summed E-state index contributed by atoms with van der Waals surface area (Å²) in [7, 11) is -0.443. The van der Waals surface area contributed by atoms with Gasteiger partial charge in [-0.15, -0.1) is 11.3 Å². The highest BCUT2D eigenvalue weighted by Gasteiger charge is 2.18. The summed E-state index contributed by atoms with van der Waals surface area (Å²) in [4.78, 5) is 21.3. The molecule has 1 fully saturated rings. The molecule has 0 radical (unpaired) electrons. The zero-order chi connectivity index (χ0) is 20.9. The first-order chi connectivity index (χ1) is 13.9. The van der Waals surface area contributed by atoms with Crippen molar-refractivity contribution < 1.29 is 13.2 Å². The van der Waals surface area contributed by atoms with Crippen LogP contribution in [0.1, 0.15) is 17.7 Å². The number of carbonyl (C=O) groups is 1. The van der Waals surface area contributed by atoms with Gasteiger partial charge in [0, 0.05) is 58.3 Å². The van der Waals surface area contributed by atoms with E-state index in [0.717, 1.165) is 43.9 Å². The van der Waals surface area contributed by atoms with Crippen molar-refractivity contribution in [1.29, 1.82) is 0 Å². The largest absolute Gasteiger partial charge is 0.338 e. The van der Waals surface area contributed by atoms with Crippen LogP contribution in [-0.2, 0) is 21.4 Å². The summed E-state index contributed by atoms with van der Waals surface area (Å²) in [5.41, 5.74) is 3.71. The van der Waals surface area contributed by atoms with Crippen molar-refractivity contribution >= 4 is 33.3 Å². The van der Waals surface area contributed by atoms with Crippen LogP contribution >= 0.6 is 11.3 Å². The van der Waals surface area contributed by atoms with Gasteiger partial charge < -0.3 is 4.90 Å². The van der Waals surface area contributed by atoms with E-state index in [1.54, 1.807) is 47.8 Å². The second kappa shape index (κ2) is 9.62. The van der Waals surface area contributed by atoms with E-state index < -0.39 is 10.0 Å². The summed E-state index contributed by atoms with van der Waals surface area (Å²) in [6.45, 7) is 4.02. The van der Waals surface area contributed by atoms with Gasteiger partial charge in [-0.25, -0.2) is 17.7 Å². The molecule has 7 nitrogen and oxygen atoms in total. The van der Waals surface area contributed by atoms with Crippen LogP contribution in [0.2, 0.25) is 0 Å². The lowest BCUT2D eigenvalue weighted by atomic mass is 10.2. The standard InChI is InChI=1S/C20H26N4O3S2/c1-22(2)29(26,27)19-7-4-17(5-8-19)6-9-20(25)24-11-3-10-23(12-13-24)14-18-15-28-16-21-18/h4-9,15-16H,3,10-14H2,1-2H3/b9-6+. The normalized spacial score (nSPS) is 16.4. The highest BCUT2D eigenvalue weighted by molar-refractivity contribution is 7.89. The molecule has 1 amide bonds. The van der Waals surface area contributed by atoms with Gasteiger partial charge in [-0.05, 0) is 30.2 Å². The van der Waals surface area contributed by atoms with Crippen molar-refractivity contribution in [3.63, 3.8) is 0 Å². The number of thiazole rings is 1. The minimum Gasteiger partial charge on any atom is -0.338 e. The van der Waals surface area contributed by atoms with Crippen molar-refractivity contribution in [2.75, 3.05) is 40.3 Å². The van der Waals surface area contributed by atoms with Crippen LogP contribution in [0.4, 0.5) is 0 Å². The molecule has 0 saturated carbocycles.